The minimum Gasteiger partial charge on any atom is -0.357 e. The molecule has 2 heterocycles. The fourth-order valence-corrected chi connectivity index (χ4v) is 2.36. The molecule has 7 heteroatoms. The number of nitrogen functional groups attached to an aromatic ring is 1. The summed E-state index contributed by atoms with van der Waals surface area (Å²) < 4.78 is 26.9. The van der Waals surface area contributed by atoms with E-state index in [9.17, 15) is 8.78 Å². The first kappa shape index (κ1) is 13.7. The molecule has 19 heavy (non-hydrogen) atoms. The van der Waals surface area contributed by atoms with Crippen LogP contribution < -0.4 is 16.2 Å². The van der Waals surface area contributed by atoms with Crippen LogP contribution in [0.5, 0.6) is 0 Å². The van der Waals surface area contributed by atoms with E-state index in [0.29, 0.717) is 6.54 Å². The normalized spacial score (nSPS) is 10.5. The predicted molar refractivity (Wildman–Crippen MR) is 73.3 cm³/mol. The number of hydrogen-bond acceptors (Lipinski definition) is 5. The molecule has 0 radical (unpaired) electrons. The maximum atomic E-state index is 13.7. The molecule has 3 N–H and O–H groups in total. The Morgan fingerprint density at radius 2 is 2.21 bits per heavy atom. The van der Waals surface area contributed by atoms with Gasteiger partial charge in [-0.3, -0.25) is 0 Å². The van der Waals surface area contributed by atoms with Gasteiger partial charge in [-0.2, -0.15) is 0 Å². The summed E-state index contributed by atoms with van der Waals surface area (Å²) in [6.45, 7) is 0.583. The Kier molecular flexibility index (Phi) is 4.28. The Morgan fingerprint density at radius 1 is 1.42 bits per heavy atom. The van der Waals surface area contributed by atoms with Gasteiger partial charge in [-0.15, -0.1) is 11.3 Å². The van der Waals surface area contributed by atoms with E-state index in [0.717, 1.165) is 12.5 Å². The third-order valence-corrected chi connectivity index (χ3v) is 3.62. The van der Waals surface area contributed by atoms with Crippen molar-refractivity contribution in [3.63, 3.8) is 0 Å². The fourth-order valence-electron chi connectivity index (χ4n) is 1.66. The van der Waals surface area contributed by atoms with Crippen molar-refractivity contribution in [1.82, 2.24) is 4.98 Å². The van der Waals surface area contributed by atoms with E-state index in [1.165, 1.54) is 4.88 Å². The standard InChI is InChI=1S/C12H14F2N4S/c1-18(5-4-8-3-2-6-19-8)12-10(14)7-9(13)11(16-12)17-15/h2-3,6-7H,4-5,15H2,1H3,(H,16,17). The van der Waals surface area contributed by atoms with Crippen LogP contribution in [0.2, 0.25) is 0 Å². The molecular weight excluding hydrogens is 270 g/mol. The SMILES string of the molecule is CN(CCc1cccs1)c1nc(NN)c(F)cc1F. The summed E-state index contributed by atoms with van der Waals surface area (Å²) >= 11 is 1.64. The zero-order valence-corrected chi connectivity index (χ0v) is 11.2. The highest BCUT2D eigenvalue weighted by atomic mass is 32.1. The molecule has 4 nitrogen and oxygen atoms in total. The predicted octanol–water partition coefficient (Wildman–Crippen LogP) is 2.39. The Bertz CT molecular complexity index is 545. The van der Waals surface area contributed by atoms with Crippen molar-refractivity contribution in [3.8, 4) is 0 Å². The van der Waals surface area contributed by atoms with Gasteiger partial charge >= 0.3 is 0 Å². The molecule has 0 aliphatic heterocycles. The van der Waals surface area contributed by atoms with Gasteiger partial charge in [0.2, 0.25) is 0 Å². The first-order valence-corrected chi connectivity index (χ1v) is 6.56. The second kappa shape index (κ2) is 5.94. The van der Waals surface area contributed by atoms with E-state index in [1.54, 1.807) is 23.3 Å². The summed E-state index contributed by atoms with van der Waals surface area (Å²) in [7, 11) is 1.71. The van der Waals surface area contributed by atoms with Crippen molar-refractivity contribution in [2.75, 3.05) is 23.9 Å². The van der Waals surface area contributed by atoms with Crippen molar-refractivity contribution in [2.24, 2.45) is 5.84 Å². The Labute approximate surface area is 113 Å². The van der Waals surface area contributed by atoms with Gasteiger partial charge in [0.05, 0.1) is 0 Å². The molecule has 0 atom stereocenters. The maximum absolute atomic E-state index is 13.7. The number of aromatic nitrogens is 1. The van der Waals surface area contributed by atoms with Crippen molar-refractivity contribution in [2.45, 2.75) is 6.42 Å². The van der Waals surface area contributed by atoms with Crippen LogP contribution in [-0.2, 0) is 6.42 Å². The zero-order valence-electron chi connectivity index (χ0n) is 10.4. The molecule has 2 aromatic rings. The smallest absolute Gasteiger partial charge is 0.178 e. The number of rotatable bonds is 5. The number of anilines is 2. The molecule has 0 aromatic carbocycles. The number of likely N-dealkylation sites (N-methyl/N-ethyl adjacent to an activating group) is 1. The molecule has 0 fully saturated rings. The van der Waals surface area contributed by atoms with Gasteiger partial charge in [-0.25, -0.2) is 19.6 Å². The van der Waals surface area contributed by atoms with Crippen LogP contribution in [0.3, 0.4) is 0 Å². The molecule has 0 spiro atoms. The van der Waals surface area contributed by atoms with Crippen LogP contribution in [0.1, 0.15) is 4.88 Å². The molecule has 0 aliphatic rings. The Morgan fingerprint density at radius 3 is 2.84 bits per heavy atom. The van der Waals surface area contributed by atoms with Gasteiger partial charge in [0.1, 0.15) is 0 Å². The average molecular weight is 284 g/mol. The highest BCUT2D eigenvalue weighted by molar-refractivity contribution is 7.09. The number of pyridine rings is 1. The van der Waals surface area contributed by atoms with E-state index < -0.39 is 11.6 Å². The first-order valence-electron chi connectivity index (χ1n) is 5.68. The lowest BCUT2D eigenvalue weighted by molar-refractivity contribution is 0.572. The van der Waals surface area contributed by atoms with Crippen LogP contribution in [0.4, 0.5) is 20.4 Å². The van der Waals surface area contributed by atoms with Crippen LogP contribution in [0.25, 0.3) is 0 Å². The van der Waals surface area contributed by atoms with Gasteiger partial charge in [-0.05, 0) is 17.9 Å². The summed E-state index contributed by atoms with van der Waals surface area (Å²) in [5, 5.41) is 1.99. The summed E-state index contributed by atoms with van der Waals surface area (Å²) in [5.41, 5.74) is 2.11. The van der Waals surface area contributed by atoms with Crippen LogP contribution in [0, 0.1) is 11.6 Å². The summed E-state index contributed by atoms with van der Waals surface area (Å²) in [6.07, 6.45) is 0.776. The third kappa shape index (κ3) is 3.18. The largest absolute Gasteiger partial charge is 0.357 e. The molecule has 0 aliphatic carbocycles. The first-order chi connectivity index (χ1) is 9.11. The number of nitrogens with two attached hydrogens (primary N) is 1. The lowest BCUT2D eigenvalue weighted by atomic mass is 10.3. The van der Waals surface area contributed by atoms with Crippen LogP contribution >= 0.6 is 11.3 Å². The molecular formula is C12H14F2N4S. The van der Waals surface area contributed by atoms with E-state index in [2.05, 4.69) is 10.4 Å². The number of nitrogens with one attached hydrogen (secondary N) is 1. The molecule has 0 bridgehead atoms. The second-order valence-corrected chi connectivity index (χ2v) is 5.05. The van der Waals surface area contributed by atoms with Gasteiger partial charge in [0.25, 0.3) is 0 Å². The van der Waals surface area contributed by atoms with Crippen LogP contribution in [0.15, 0.2) is 23.6 Å². The minimum absolute atomic E-state index is 0.0749. The molecule has 2 aromatic heterocycles. The third-order valence-electron chi connectivity index (χ3n) is 2.68. The number of nitrogens with zero attached hydrogens (tertiary/aromatic N) is 2. The summed E-state index contributed by atoms with van der Waals surface area (Å²) in [5.74, 6) is 3.52. The quantitative estimate of drug-likeness (QED) is 0.654. The number of halogens is 2. The lowest BCUT2D eigenvalue weighted by Gasteiger charge is -2.19. The fraction of sp³-hybridized carbons (Fsp3) is 0.250. The van der Waals surface area contributed by atoms with E-state index in [-0.39, 0.29) is 11.6 Å². The molecule has 0 unspecified atom stereocenters. The van der Waals surface area contributed by atoms with E-state index in [1.807, 2.05) is 17.5 Å². The summed E-state index contributed by atoms with van der Waals surface area (Å²) in [4.78, 5) is 6.67. The number of hydrazine groups is 1. The highest BCUT2D eigenvalue weighted by Crippen LogP contribution is 2.21. The van der Waals surface area contributed by atoms with Crippen molar-refractivity contribution in [3.05, 3.63) is 40.1 Å². The number of hydrogen-bond donors (Lipinski definition) is 2. The van der Waals surface area contributed by atoms with Crippen molar-refractivity contribution in [1.29, 1.82) is 0 Å². The Hall–Kier alpha value is -1.73. The van der Waals surface area contributed by atoms with Gasteiger partial charge in [-0.1, -0.05) is 6.07 Å². The molecule has 102 valence electrons. The molecule has 0 saturated carbocycles. The lowest BCUT2D eigenvalue weighted by Crippen LogP contribution is -2.23. The second-order valence-electron chi connectivity index (χ2n) is 4.02. The van der Waals surface area contributed by atoms with Gasteiger partial charge < -0.3 is 10.3 Å². The highest BCUT2D eigenvalue weighted by Gasteiger charge is 2.14. The summed E-state index contributed by atoms with van der Waals surface area (Å²) in [6, 6.07) is 4.76. The zero-order chi connectivity index (χ0) is 13.8. The molecule has 2 rings (SSSR count). The van der Waals surface area contributed by atoms with Crippen LogP contribution in [-0.4, -0.2) is 18.6 Å². The van der Waals surface area contributed by atoms with Crippen molar-refractivity contribution < 1.29 is 8.78 Å². The Balaban J connectivity index is 2.11. The average Bonchev–Trinajstić information content (AvgIpc) is 2.89. The minimum atomic E-state index is -0.810. The topological polar surface area (TPSA) is 54.2 Å². The molecule has 0 amide bonds. The monoisotopic (exact) mass is 284 g/mol. The number of thiophene rings is 1. The van der Waals surface area contributed by atoms with Gasteiger partial charge in [0, 0.05) is 24.5 Å². The van der Waals surface area contributed by atoms with E-state index in [4.69, 9.17) is 5.84 Å². The van der Waals surface area contributed by atoms with Gasteiger partial charge in [0.15, 0.2) is 23.3 Å². The van der Waals surface area contributed by atoms with Crippen molar-refractivity contribution >= 4 is 23.0 Å². The maximum Gasteiger partial charge on any atom is 0.178 e. The van der Waals surface area contributed by atoms with E-state index >= 15 is 0 Å². The molecule has 0 saturated heterocycles.